The van der Waals surface area contributed by atoms with Gasteiger partial charge in [-0.05, 0) is 37.3 Å². The van der Waals surface area contributed by atoms with Crippen molar-refractivity contribution in [3.05, 3.63) is 63.4 Å². The Morgan fingerprint density at radius 1 is 1.20 bits per heavy atom. The van der Waals surface area contributed by atoms with Crippen molar-refractivity contribution in [3.63, 3.8) is 0 Å². The van der Waals surface area contributed by atoms with Crippen LogP contribution < -0.4 is 4.72 Å². The molecule has 0 aromatic heterocycles. The molecule has 0 spiro atoms. The van der Waals surface area contributed by atoms with Gasteiger partial charge in [0, 0.05) is 16.3 Å². The van der Waals surface area contributed by atoms with Crippen LogP contribution in [-0.2, 0) is 20.5 Å². The Kier molecular flexibility index (Phi) is 6.26. The summed E-state index contributed by atoms with van der Waals surface area (Å²) in [6, 6.07) is 7.90. The lowest BCUT2D eigenvalue weighted by atomic mass is 10.2. The van der Waals surface area contributed by atoms with Gasteiger partial charge < -0.3 is 4.74 Å². The first-order chi connectivity index (χ1) is 11.7. The van der Waals surface area contributed by atoms with Crippen LogP contribution in [-0.4, -0.2) is 21.0 Å². The third-order valence-corrected chi connectivity index (χ3v) is 5.03. The van der Waals surface area contributed by atoms with Crippen molar-refractivity contribution >= 4 is 44.9 Å². The first-order valence-corrected chi connectivity index (χ1v) is 9.54. The van der Waals surface area contributed by atoms with Gasteiger partial charge in [0.05, 0.1) is 22.9 Å². The highest BCUT2D eigenvalue weighted by Crippen LogP contribution is 2.25. The molecule has 0 saturated carbocycles. The fourth-order valence-electron chi connectivity index (χ4n) is 2.03. The Labute approximate surface area is 154 Å². The van der Waals surface area contributed by atoms with Crippen molar-refractivity contribution in [2.75, 3.05) is 11.3 Å². The molecule has 25 heavy (non-hydrogen) atoms. The van der Waals surface area contributed by atoms with Gasteiger partial charge >= 0.3 is 5.97 Å². The number of carbonyl (C=O) groups is 1. The van der Waals surface area contributed by atoms with Gasteiger partial charge in [0.2, 0.25) is 10.0 Å². The second-order valence-electron chi connectivity index (χ2n) is 4.98. The number of halogens is 3. The quantitative estimate of drug-likeness (QED) is 0.728. The third kappa shape index (κ3) is 5.07. The van der Waals surface area contributed by atoms with Crippen LogP contribution >= 0.6 is 23.2 Å². The molecule has 0 unspecified atom stereocenters. The largest absolute Gasteiger partial charge is 0.462 e. The SMILES string of the molecule is CCOC(=O)c1cc(NS(=O)(=O)Cc2c(F)cccc2Cl)ccc1Cl. The molecule has 0 fully saturated rings. The van der Waals surface area contributed by atoms with E-state index in [1.54, 1.807) is 6.92 Å². The van der Waals surface area contributed by atoms with Gasteiger partial charge in [0.15, 0.2) is 0 Å². The molecule has 9 heteroatoms. The lowest BCUT2D eigenvalue weighted by molar-refractivity contribution is 0.0526. The highest BCUT2D eigenvalue weighted by Gasteiger charge is 2.19. The van der Waals surface area contributed by atoms with E-state index >= 15 is 0 Å². The molecule has 0 amide bonds. The molecule has 0 aliphatic heterocycles. The van der Waals surface area contributed by atoms with Crippen molar-refractivity contribution in [1.29, 1.82) is 0 Å². The molecule has 0 saturated heterocycles. The Morgan fingerprint density at radius 2 is 1.92 bits per heavy atom. The second-order valence-corrected chi connectivity index (χ2v) is 7.51. The zero-order valence-corrected chi connectivity index (χ0v) is 15.4. The number of ether oxygens (including phenoxy) is 1. The minimum absolute atomic E-state index is 0.00805. The van der Waals surface area contributed by atoms with Crippen molar-refractivity contribution in [3.8, 4) is 0 Å². The van der Waals surface area contributed by atoms with Crippen LogP contribution in [0, 0.1) is 5.82 Å². The van der Waals surface area contributed by atoms with Crippen LogP contribution in [0.3, 0.4) is 0 Å². The molecule has 2 aromatic carbocycles. The normalized spacial score (nSPS) is 11.2. The summed E-state index contributed by atoms with van der Waals surface area (Å²) in [5.41, 5.74) is -0.0243. The summed E-state index contributed by atoms with van der Waals surface area (Å²) < 4.78 is 45.5. The number of nitrogens with one attached hydrogen (secondary N) is 1. The summed E-state index contributed by atoms with van der Waals surface area (Å²) in [5.74, 6) is -2.05. The van der Waals surface area contributed by atoms with Gasteiger partial charge in [-0.15, -0.1) is 0 Å². The van der Waals surface area contributed by atoms with E-state index in [9.17, 15) is 17.6 Å². The molecule has 0 aliphatic rings. The first-order valence-electron chi connectivity index (χ1n) is 7.13. The van der Waals surface area contributed by atoms with E-state index in [-0.39, 0.29) is 33.5 Å². The van der Waals surface area contributed by atoms with Gasteiger partial charge in [0.1, 0.15) is 5.82 Å². The van der Waals surface area contributed by atoms with Crippen molar-refractivity contribution < 1.29 is 22.3 Å². The third-order valence-electron chi connectivity index (χ3n) is 3.13. The van der Waals surface area contributed by atoms with Crippen LogP contribution in [0.25, 0.3) is 0 Å². The Bertz CT molecular complexity index is 883. The number of carbonyl (C=O) groups excluding carboxylic acids is 1. The molecule has 0 bridgehead atoms. The van der Waals surface area contributed by atoms with E-state index in [2.05, 4.69) is 4.72 Å². The van der Waals surface area contributed by atoms with Crippen LogP contribution in [0.15, 0.2) is 36.4 Å². The summed E-state index contributed by atoms with van der Waals surface area (Å²) in [4.78, 5) is 11.8. The summed E-state index contributed by atoms with van der Waals surface area (Å²) in [6.07, 6.45) is 0. The lowest BCUT2D eigenvalue weighted by Gasteiger charge is -2.11. The summed E-state index contributed by atoms with van der Waals surface area (Å²) in [7, 11) is -3.97. The van der Waals surface area contributed by atoms with Crippen LogP contribution in [0.4, 0.5) is 10.1 Å². The van der Waals surface area contributed by atoms with Gasteiger partial charge in [-0.1, -0.05) is 29.3 Å². The van der Waals surface area contributed by atoms with Crippen LogP contribution in [0.1, 0.15) is 22.8 Å². The predicted molar refractivity (Wildman–Crippen MR) is 95.1 cm³/mol. The monoisotopic (exact) mass is 405 g/mol. The molecule has 1 N–H and O–H groups in total. The predicted octanol–water partition coefficient (Wildman–Crippen LogP) is 4.25. The molecule has 0 aliphatic carbocycles. The zero-order valence-electron chi connectivity index (χ0n) is 13.1. The second kappa shape index (κ2) is 8.03. The zero-order chi connectivity index (χ0) is 18.6. The molecule has 0 heterocycles. The van der Waals surface area contributed by atoms with Crippen molar-refractivity contribution in [1.82, 2.24) is 0 Å². The van der Waals surface area contributed by atoms with E-state index in [4.69, 9.17) is 27.9 Å². The topological polar surface area (TPSA) is 72.5 Å². The van der Waals surface area contributed by atoms with Gasteiger partial charge in [-0.3, -0.25) is 4.72 Å². The first kappa shape index (κ1) is 19.5. The molecular weight excluding hydrogens is 392 g/mol. The minimum Gasteiger partial charge on any atom is -0.462 e. The molecule has 0 atom stereocenters. The fraction of sp³-hybridized carbons (Fsp3) is 0.188. The number of hydrogen-bond donors (Lipinski definition) is 1. The van der Waals surface area contributed by atoms with Gasteiger partial charge in [0.25, 0.3) is 0 Å². The lowest BCUT2D eigenvalue weighted by Crippen LogP contribution is -2.16. The smallest absolute Gasteiger partial charge is 0.339 e. The van der Waals surface area contributed by atoms with Crippen LogP contribution in [0.5, 0.6) is 0 Å². The summed E-state index contributed by atoms with van der Waals surface area (Å²) in [6.45, 7) is 1.79. The molecule has 0 radical (unpaired) electrons. The highest BCUT2D eigenvalue weighted by molar-refractivity contribution is 7.91. The van der Waals surface area contributed by atoms with Gasteiger partial charge in [-0.25, -0.2) is 17.6 Å². The molecule has 134 valence electrons. The average Bonchev–Trinajstić information content (AvgIpc) is 2.53. The Balaban J connectivity index is 2.26. The van der Waals surface area contributed by atoms with Crippen LogP contribution in [0.2, 0.25) is 10.0 Å². The maximum absolute atomic E-state index is 13.8. The van der Waals surface area contributed by atoms with Crippen molar-refractivity contribution in [2.45, 2.75) is 12.7 Å². The molecule has 5 nitrogen and oxygen atoms in total. The summed E-state index contributed by atoms with van der Waals surface area (Å²) in [5, 5.41) is 0.132. The number of anilines is 1. The van der Waals surface area contributed by atoms with E-state index in [1.807, 2.05) is 0 Å². The van der Waals surface area contributed by atoms with E-state index in [0.29, 0.717) is 0 Å². The van der Waals surface area contributed by atoms with E-state index < -0.39 is 27.6 Å². The standard InChI is InChI=1S/C16H14Cl2FNO4S/c1-2-24-16(21)11-8-10(6-7-14(11)18)20-25(22,23)9-12-13(17)4-3-5-15(12)19/h3-8,20H,2,9H2,1H3. The summed E-state index contributed by atoms with van der Waals surface area (Å²) >= 11 is 11.8. The van der Waals surface area contributed by atoms with E-state index in [0.717, 1.165) is 6.07 Å². The number of benzene rings is 2. The number of esters is 1. The number of sulfonamides is 1. The Morgan fingerprint density at radius 3 is 2.56 bits per heavy atom. The molecule has 2 aromatic rings. The number of hydrogen-bond acceptors (Lipinski definition) is 4. The fourth-order valence-corrected chi connectivity index (χ4v) is 3.77. The van der Waals surface area contributed by atoms with Crippen molar-refractivity contribution in [2.24, 2.45) is 0 Å². The average molecular weight is 406 g/mol. The Hall–Kier alpha value is -1.83. The number of rotatable bonds is 6. The molecule has 2 rings (SSSR count). The minimum atomic E-state index is -3.97. The van der Waals surface area contributed by atoms with E-state index in [1.165, 1.54) is 30.3 Å². The maximum atomic E-state index is 13.8. The molecular formula is C16H14Cl2FNO4S. The van der Waals surface area contributed by atoms with Gasteiger partial charge in [-0.2, -0.15) is 0 Å². The maximum Gasteiger partial charge on any atom is 0.339 e. The highest BCUT2D eigenvalue weighted by atomic mass is 35.5.